The van der Waals surface area contributed by atoms with Gasteiger partial charge in [0.1, 0.15) is 17.9 Å². The summed E-state index contributed by atoms with van der Waals surface area (Å²) >= 11 is 0. The maximum Gasteiger partial charge on any atom is 0.301 e. The van der Waals surface area contributed by atoms with E-state index in [0.717, 1.165) is 4.90 Å². The Morgan fingerprint density at radius 3 is 2.86 bits per heavy atom. The zero-order chi connectivity index (χ0) is 21.2. The van der Waals surface area contributed by atoms with Crippen molar-refractivity contribution < 1.29 is 23.4 Å². The van der Waals surface area contributed by atoms with Crippen molar-refractivity contribution in [3.05, 3.63) is 36.0 Å². The zero-order valence-corrected chi connectivity index (χ0v) is 15.5. The fourth-order valence-corrected chi connectivity index (χ4v) is 3.08. The van der Waals surface area contributed by atoms with E-state index < -0.39 is 30.6 Å². The van der Waals surface area contributed by atoms with Crippen LogP contribution in [0.2, 0.25) is 0 Å². The molecule has 2 atom stereocenters. The second-order valence-corrected chi connectivity index (χ2v) is 6.71. The first-order valence-electron chi connectivity index (χ1n) is 8.85. The van der Waals surface area contributed by atoms with Crippen LogP contribution in [-0.4, -0.2) is 57.1 Å². The Bertz CT molecular complexity index is 961. The molecule has 1 amide bonds. The normalized spacial score (nSPS) is 19.3. The zero-order valence-electron chi connectivity index (χ0n) is 15.5. The smallest absolute Gasteiger partial charge is 0.301 e. The summed E-state index contributed by atoms with van der Waals surface area (Å²) in [5, 5.41) is 18.8. The van der Waals surface area contributed by atoms with Crippen molar-refractivity contribution in [2.45, 2.75) is 31.5 Å². The molecule has 0 radical (unpaired) electrons. The van der Waals surface area contributed by atoms with Crippen LogP contribution in [-0.2, 0) is 4.79 Å². The Kier molecular flexibility index (Phi) is 5.61. The molecule has 29 heavy (non-hydrogen) atoms. The lowest BCUT2D eigenvalue weighted by molar-refractivity contribution is -0.165. The van der Waals surface area contributed by atoms with E-state index in [4.69, 9.17) is 10.5 Å². The van der Waals surface area contributed by atoms with Gasteiger partial charge in [0.25, 0.3) is 5.91 Å². The minimum absolute atomic E-state index is 0.0123. The second-order valence-electron chi connectivity index (χ2n) is 6.71. The Labute approximate surface area is 165 Å². The molecule has 3 rings (SSSR count). The Balaban J connectivity index is 1.80. The summed E-state index contributed by atoms with van der Waals surface area (Å²) in [5.74, 6) is -4.01. The Morgan fingerprint density at radius 2 is 2.24 bits per heavy atom. The fourth-order valence-electron chi connectivity index (χ4n) is 3.08. The summed E-state index contributed by atoms with van der Waals surface area (Å²) in [5.41, 5.74) is 6.67. The molecule has 2 aromatic rings. The number of hydrogen-bond donors (Lipinski definition) is 2. The van der Waals surface area contributed by atoms with Crippen molar-refractivity contribution in [3.8, 4) is 23.1 Å². The molecule has 152 valence electrons. The number of carbonyl (C=O) groups excluding carboxylic acids is 1. The van der Waals surface area contributed by atoms with E-state index in [-0.39, 0.29) is 30.2 Å². The van der Waals surface area contributed by atoms with Gasteiger partial charge in [0.2, 0.25) is 5.95 Å². The summed E-state index contributed by atoms with van der Waals surface area (Å²) in [7, 11) is 0. The predicted molar refractivity (Wildman–Crippen MR) is 98.8 cm³/mol. The van der Waals surface area contributed by atoms with E-state index in [1.807, 2.05) is 6.07 Å². The molecule has 2 heterocycles. The first kappa shape index (κ1) is 20.4. The van der Waals surface area contributed by atoms with Gasteiger partial charge < -0.3 is 20.5 Å². The van der Waals surface area contributed by atoms with Gasteiger partial charge >= 0.3 is 5.92 Å². The van der Waals surface area contributed by atoms with Crippen LogP contribution < -0.4 is 10.5 Å². The summed E-state index contributed by atoms with van der Waals surface area (Å²) in [6.07, 6.45) is -1.53. The molecule has 3 N–H and O–H groups in total. The number of ether oxygens (including phenoxy) is 1. The number of aliphatic hydroxyl groups is 1. The molecule has 10 heteroatoms. The number of rotatable bonds is 4. The van der Waals surface area contributed by atoms with E-state index >= 15 is 0 Å². The summed E-state index contributed by atoms with van der Waals surface area (Å²) in [4.78, 5) is 20.6. The number of benzene rings is 1. The number of nitrogen functional groups attached to an aromatic ring is 1. The Morgan fingerprint density at radius 1 is 1.48 bits per heavy atom. The lowest BCUT2D eigenvalue weighted by atomic mass is 10.0. The number of anilines is 1. The number of aliphatic hydroxyl groups excluding tert-OH is 1. The van der Waals surface area contributed by atoms with Crippen molar-refractivity contribution in [1.29, 1.82) is 5.26 Å². The third-order valence-electron chi connectivity index (χ3n) is 4.54. The highest BCUT2D eigenvalue weighted by Gasteiger charge is 2.48. The van der Waals surface area contributed by atoms with Gasteiger partial charge in [-0.3, -0.25) is 4.79 Å². The predicted octanol–water partition coefficient (Wildman–Crippen LogP) is 1.59. The molecule has 8 nitrogen and oxygen atoms in total. The van der Waals surface area contributed by atoms with Crippen molar-refractivity contribution >= 4 is 11.9 Å². The molecule has 0 bridgehead atoms. The molecule has 1 fully saturated rings. The van der Waals surface area contributed by atoms with Gasteiger partial charge in [-0.15, -0.1) is 0 Å². The van der Waals surface area contributed by atoms with Crippen molar-refractivity contribution in [3.63, 3.8) is 0 Å². The van der Waals surface area contributed by atoms with Crippen molar-refractivity contribution in [2.24, 2.45) is 0 Å². The molecule has 1 unspecified atom stereocenters. The number of amides is 1. The molecule has 0 spiro atoms. The number of piperidine rings is 1. The SMILES string of the molecule is C[C@@H](O)C(=O)N1CCC(Oc2ccc(-c3ccnc(N)n3)cc2C#N)C(F)(F)C1. The third kappa shape index (κ3) is 4.41. The van der Waals surface area contributed by atoms with Gasteiger partial charge in [-0.1, -0.05) is 0 Å². The highest BCUT2D eigenvalue weighted by atomic mass is 19.3. The molecule has 1 aliphatic heterocycles. The van der Waals surface area contributed by atoms with E-state index in [2.05, 4.69) is 9.97 Å². The molecule has 1 saturated heterocycles. The average Bonchev–Trinajstić information content (AvgIpc) is 2.68. The van der Waals surface area contributed by atoms with E-state index in [9.17, 15) is 23.9 Å². The van der Waals surface area contributed by atoms with Crippen LogP contribution in [0.3, 0.4) is 0 Å². The third-order valence-corrected chi connectivity index (χ3v) is 4.54. The topological polar surface area (TPSA) is 125 Å². The lowest BCUT2D eigenvalue weighted by Gasteiger charge is -2.38. The van der Waals surface area contributed by atoms with Gasteiger partial charge in [0, 0.05) is 24.7 Å². The first-order valence-corrected chi connectivity index (χ1v) is 8.85. The number of nitrogens with zero attached hydrogens (tertiary/aromatic N) is 4. The summed E-state index contributed by atoms with van der Waals surface area (Å²) in [6.45, 7) is 0.390. The highest BCUT2D eigenvalue weighted by molar-refractivity contribution is 5.80. The number of aromatic nitrogens is 2. The summed E-state index contributed by atoms with van der Waals surface area (Å²) in [6, 6.07) is 8.03. The number of alkyl halides is 2. The van der Waals surface area contributed by atoms with Crippen LogP contribution in [0.15, 0.2) is 30.5 Å². The summed E-state index contributed by atoms with van der Waals surface area (Å²) < 4.78 is 34.5. The average molecular weight is 403 g/mol. The van der Waals surface area contributed by atoms with Gasteiger partial charge in [-0.2, -0.15) is 5.26 Å². The van der Waals surface area contributed by atoms with Crippen LogP contribution in [0.25, 0.3) is 11.3 Å². The molecular weight excluding hydrogens is 384 g/mol. The Hall–Kier alpha value is -3.32. The maximum atomic E-state index is 14.5. The van der Waals surface area contributed by atoms with Crippen LogP contribution in [0.5, 0.6) is 5.75 Å². The molecule has 0 saturated carbocycles. The molecule has 1 aromatic heterocycles. The van der Waals surface area contributed by atoms with Gasteiger partial charge in [0.05, 0.1) is 17.8 Å². The minimum Gasteiger partial charge on any atom is -0.483 e. The number of likely N-dealkylation sites (tertiary alicyclic amines) is 1. The van der Waals surface area contributed by atoms with Crippen molar-refractivity contribution in [1.82, 2.24) is 14.9 Å². The minimum atomic E-state index is -3.34. The van der Waals surface area contributed by atoms with Gasteiger partial charge in [-0.25, -0.2) is 18.7 Å². The largest absolute Gasteiger partial charge is 0.483 e. The second kappa shape index (κ2) is 7.97. The molecular formula is C19H19F2N5O3. The van der Waals surface area contributed by atoms with E-state index in [1.54, 1.807) is 12.1 Å². The number of hydrogen-bond acceptors (Lipinski definition) is 7. The highest BCUT2D eigenvalue weighted by Crippen LogP contribution is 2.33. The molecule has 1 aliphatic rings. The number of carbonyl (C=O) groups is 1. The van der Waals surface area contributed by atoms with Crippen LogP contribution in [0, 0.1) is 11.3 Å². The van der Waals surface area contributed by atoms with Crippen LogP contribution in [0.4, 0.5) is 14.7 Å². The van der Waals surface area contributed by atoms with Gasteiger partial charge in [0.15, 0.2) is 6.10 Å². The quantitative estimate of drug-likeness (QED) is 0.794. The lowest BCUT2D eigenvalue weighted by Crippen LogP contribution is -2.56. The first-order chi connectivity index (χ1) is 13.7. The van der Waals surface area contributed by atoms with Crippen molar-refractivity contribution in [2.75, 3.05) is 18.8 Å². The number of nitriles is 1. The molecule has 0 aliphatic carbocycles. The number of halogens is 2. The standard InChI is InChI=1S/C19H19F2N5O3/c1-11(27)17(28)26-7-5-16(19(20,21)10-26)29-15-3-2-12(8-13(15)9-22)14-4-6-24-18(23)25-14/h2-4,6,8,11,16,27H,5,7,10H2,1H3,(H2,23,24,25)/t11-,16?/m1/s1. The fraction of sp³-hybridized carbons (Fsp3) is 0.368. The van der Waals surface area contributed by atoms with Crippen LogP contribution >= 0.6 is 0 Å². The van der Waals surface area contributed by atoms with Crippen LogP contribution in [0.1, 0.15) is 18.9 Å². The number of nitrogens with two attached hydrogens (primary N) is 1. The maximum absolute atomic E-state index is 14.5. The van der Waals surface area contributed by atoms with E-state index in [0.29, 0.717) is 11.3 Å². The molecule has 1 aromatic carbocycles. The monoisotopic (exact) mass is 403 g/mol. The van der Waals surface area contributed by atoms with Gasteiger partial charge in [-0.05, 0) is 31.2 Å². The van der Waals surface area contributed by atoms with E-state index in [1.165, 1.54) is 25.3 Å².